The van der Waals surface area contributed by atoms with E-state index >= 15 is 0 Å². The number of anilines is 1. The largest absolute Gasteiger partial charge is 0.392 e. The van der Waals surface area contributed by atoms with E-state index in [0.717, 1.165) is 5.56 Å². The zero-order valence-corrected chi connectivity index (χ0v) is 13.0. The fourth-order valence-corrected chi connectivity index (χ4v) is 2.51. The monoisotopic (exact) mass is 322 g/mol. The summed E-state index contributed by atoms with van der Waals surface area (Å²) in [6.07, 6.45) is 0.612. The standard InChI is InChI=1S/C15H22N4O4/c1-10-3-4-12(14(7-10)19(22)23)16-5-2-6-17-15(21)13-8-11(20)9-18-13/h3-4,7,11,13,16,18,20H,2,5-6,8-9H2,1H3,(H,17,21). The maximum atomic E-state index is 11.8. The number of β-amino-alcohol motifs (C(OH)–C–C–N with tert-alkyl or cyclic N) is 1. The van der Waals surface area contributed by atoms with Gasteiger partial charge in [-0.05, 0) is 31.4 Å². The number of nitrogens with one attached hydrogen (secondary N) is 3. The molecule has 8 nitrogen and oxygen atoms in total. The highest BCUT2D eigenvalue weighted by molar-refractivity contribution is 5.82. The number of carbonyl (C=O) groups excluding carboxylic acids is 1. The average Bonchev–Trinajstić information content (AvgIpc) is 2.94. The molecule has 0 aromatic heterocycles. The summed E-state index contributed by atoms with van der Waals surface area (Å²) in [6, 6.07) is 4.70. The minimum Gasteiger partial charge on any atom is -0.392 e. The predicted molar refractivity (Wildman–Crippen MR) is 86.4 cm³/mol. The molecule has 0 spiro atoms. The molecule has 2 rings (SSSR count). The Morgan fingerprint density at radius 2 is 2.26 bits per heavy atom. The van der Waals surface area contributed by atoms with Gasteiger partial charge in [-0.3, -0.25) is 14.9 Å². The van der Waals surface area contributed by atoms with E-state index < -0.39 is 11.0 Å². The summed E-state index contributed by atoms with van der Waals surface area (Å²) in [4.78, 5) is 22.4. The predicted octanol–water partition coefficient (Wildman–Crippen LogP) is 0.544. The van der Waals surface area contributed by atoms with Gasteiger partial charge in [0, 0.05) is 25.7 Å². The van der Waals surface area contributed by atoms with E-state index in [9.17, 15) is 20.0 Å². The Bertz CT molecular complexity index is 579. The number of carbonyl (C=O) groups is 1. The second-order valence-electron chi connectivity index (χ2n) is 5.70. The number of hydrogen-bond acceptors (Lipinski definition) is 6. The molecule has 1 aromatic carbocycles. The highest BCUT2D eigenvalue weighted by atomic mass is 16.6. The van der Waals surface area contributed by atoms with Crippen LogP contribution in [0.2, 0.25) is 0 Å². The first kappa shape index (κ1) is 17.2. The van der Waals surface area contributed by atoms with Gasteiger partial charge in [0.1, 0.15) is 5.69 Å². The summed E-state index contributed by atoms with van der Waals surface area (Å²) >= 11 is 0. The van der Waals surface area contributed by atoms with Gasteiger partial charge in [-0.25, -0.2) is 0 Å². The minimum absolute atomic E-state index is 0.0539. The zero-order valence-electron chi connectivity index (χ0n) is 13.0. The maximum Gasteiger partial charge on any atom is 0.292 e. The van der Waals surface area contributed by atoms with Gasteiger partial charge in [-0.15, -0.1) is 0 Å². The molecule has 2 unspecified atom stereocenters. The lowest BCUT2D eigenvalue weighted by Crippen LogP contribution is -2.41. The van der Waals surface area contributed by atoms with Crippen molar-refractivity contribution in [1.82, 2.24) is 10.6 Å². The fraction of sp³-hybridized carbons (Fsp3) is 0.533. The molecule has 0 saturated carbocycles. The highest BCUT2D eigenvalue weighted by Gasteiger charge is 2.27. The smallest absolute Gasteiger partial charge is 0.292 e. The van der Waals surface area contributed by atoms with Crippen molar-refractivity contribution in [3.05, 3.63) is 33.9 Å². The fourth-order valence-electron chi connectivity index (χ4n) is 2.51. The van der Waals surface area contributed by atoms with E-state index in [1.54, 1.807) is 13.0 Å². The second kappa shape index (κ2) is 7.89. The first-order valence-corrected chi connectivity index (χ1v) is 7.65. The van der Waals surface area contributed by atoms with Gasteiger partial charge in [0.25, 0.3) is 5.69 Å². The van der Waals surface area contributed by atoms with Crippen LogP contribution in [0, 0.1) is 17.0 Å². The summed E-state index contributed by atoms with van der Waals surface area (Å²) in [5, 5.41) is 29.1. The number of benzene rings is 1. The molecule has 0 radical (unpaired) electrons. The molecule has 1 aromatic rings. The number of nitro benzene ring substituents is 1. The van der Waals surface area contributed by atoms with Crippen LogP contribution < -0.4 is 16.0 Å². The Morgan fingerprint density at radius 1 is 1.48 bits per heavy atom. The third-order valence-electron chi connectivity index (χ3n) is 3.74. The lowest BCUT2D eigenvalue weighted by molar-refractivity contribution is -0.384. The Labute approximate surface area is 134 Å². The Kier molecular flexibility index (Phi) is 5.89. The highest BCUT2D eigenvalue weighted by Crippen LogP contribution is 2.25. The van der Waals surface area contributed by atoms with Crippen molar-refractivity contribution in [2.24, 2.45) is 0 Å². The van der Waals surface area contributed by atoms with E-state index in [4.69, 9.17) is 0 Å². The van der Waals surface area contributed by atoms with Crippen LogP contribution in [0.5, 0.6) is 0 Å². The van der Waals surface area contributed by atoms with Crippen molar-refractivity contribution >= 4 is 17.3 Å². The summed E-state index contributed by atoms with van der Waals surface area (Å²) in [5.74, 6) is -0.122. The van der Waals surface area contributed by atoms with Crippen molar-refractivity contribution in [3.8, 4) is 0 Å². The number of rotatable bonds is 7. The summed E-state index contributed by atoms with van der Waals surface area (Å²) in [7, 11) is 0. The van der Waals surface area contributed by atoms with Gasteiger partial charge in [0.2, 0.25) is 5.91 Å². The number of hydrogen-bond donors (Lipinski definition) is 4. The van der Waals surface area contributed by atoms with Crippen LogP contribution in [0.3, 0.4) is 0 Å². The molecule has 1 heterocycles. The minimum atomic E-state index is -0.463. The number of nitrogens with zero attached hydrogens (tertiary/aromatic N) is 1. The molecule has 4 N–H and O–H groups in total. The number of nitro groups is 1. The Hall–Kier alpha value is -2.19. The van der Waals surface area contributed by atoms with Gasteiger partial charge < -0.3 is 21.1 Å². The van der Waals surface area contributed by atoms with Gasteiger partial charge in [-0.2, -0.15) is 0 Å². The Morgan fingerprint density at radius 3 is 2.91 bits per heavy atom. The number of amides is 1. The molecule has 1 fully saturated rings. The molecule has 126 valence electrons. The van der Waals surface area contributed by atoms with Crippen LogP contribution in [0.4, 0.5) is 11.4 Å². The third-order valence-corrected chi connectivity index (χ3v) is 3.74. The molecule has 2 atom stereocenters. The molecule has 1 aliphatic heterocycles. The van der Waals surface area contributed by atoms with Crippen LogP contribution >= 0.6 is 0 Å². The maximum absolute atomic E-state index is 11.8. The first-order chi connectivity index (χ1) is 11.0. The summed E-state index contributed by atoms with van der Waals surface area (Å²) < 4.78 is 0. The van der Waals surface area contributed by atoms with Crippen LogP contribution in [-0.4, -0.2) is 47.7 Å². The topological polar surface area (TPSA) is 117 Å². The summed E-state index contributed by atoms with van der Waals surface area (Å²) in [5.41, 5.74) is 1.37. The lowest BCUT2D eigenvalue weighted by atomic mass is 10.2. The van der Waals surface area contributed by atoms with Crippen molar-refractivity contribution in [3.63, 3.8) is 0 Å². The van der Waals surface area contributed by atoms with Crippen LogP contribution in [0.15, 0.2) is 18.2 Å². The van der Waals surface area contributed by atoms with E-state index in [1.165, 1.54) is 6.07 Å². The number of aryl methyl sites for hydroxylation is 1. The molecular formula is C15H22N4O4. The molecular weight excluding hydrogens is 300 g/mol. The van der Waals surface area contributed by atoms with Crippen molar-refractivity contribution in [2.45, 2.75) is 31.9 Å². The lowest BCUT2D eigenvalue weighted by Gasteiger charge is -2.11. The van der Waals surface area contributed by atoms with Crippen LogP contribution in [0.25, 0.3) is 0 Å². The average molecular weight is 322 g/mol. The van der Waals surface area contributed by atoms with Gasteiger partial charge in [0.15, 0.2) is 0 Å². The molecule has 0 aliphatic carbocycles. The molecule has 23 heavy (non-hydrogen) atoms. The van der Waals surface area contributed by atoms with Crippen LogP contribution in [0.1, 0.15) is 18.4 Å². The zero-order chi connectivity index (χ0) is 16.8. The van der Waals surface area contributed by atoms with Gasteiger partial charge in [-0.1, -0.05) is 6.07 Å². The molecule has 8 heteroatoms. The Balaban J connectivity index is 1.71. The van der Waals surface area contributed by atoms with Crippen molar-refractivity contribution in [2.75, 3.05) is 25.0 Å². The van der Waals surface area contributed by atoms with E-state index in [-0.39, 0.29) is 17.6 Å². The normalized spacial score (nSPS) is 20.3. The molecule has 1 aliphatic rings. The van der Waals surface area contributed by atoms with E-state index in [0.29, 0.717) is 38.2 Å². The SMILES string of the molecule is Cc1ccc(NCCCNC(=O)C2CC(O)CN2)c([N+](=O)[O-])c1. The van der Waals surface area contributed by atoms with E-state index in [1.807, 2.05) is 6.07 Å². The molecule has 1 amide bonds. The third kappa shape index (κ3) is 4.90. The first-order valence-electron chi connectivity index (χ1n) is 7.65. The van der Waals surface area contributed by atoms with E-state index in [2.05, 4.69) is 16.0 Å². The number of aliphatic hydroxyl groups is 1. The van der Waals surface area contributed by atoms with Gasteiger partial charge in [0.05, 0.1) is 17.1 Å². The molecule has 0 bridgehead atoms. The quantitative estimate of drug-likeness (QED) is 0.331. The molecule has 1 saturated heterocycles. The van der Waals surface area contributed by atoms with Gasteiger partial charge >= 0.3 is 0 Å². The van der Waals surface area contributed by atoms with Crippen molar-refractivity contribution < 1.29 is 14.8 Å². The number of aliphatic hydroxyl groups excluding tert-OH is 1. The second-order valence-corrected chi connectivity index (χ2v) is 5.70. The van der Waals surface area contributed by atoms with Crippen LogP contribution in [-0.2, 0) is 4.79 Å². The summed E-state index contributed by atoms with van der Waals surface area (Å²) in [6.45, 7) is 3.24. The van der Waals surface area contributed by atoms with Crippen molar-refractivity contribution in [1.29, 1.82) is 0 Å².